The highest BCUT2D eigenvalue weighted by molar-refractivity contribution is 5.84. The second-order valence-corrected chi connectivity index (χ2v) is 4.72. The molecule has 0 amide bonds. The van der Waals surface area contributed by atoms with Gasteiger partial charge in [-0.25, -0.2) is 15.0 Å². The molecule has 0 radical (unpaired) electrons. The minimum Gasteiger partial charge on any atom is -0.394 e. The van der Waals surface area contributed by atoms with Gasteiger partial charge in [0.15, 0.2) is 23.2 Å². The quantitative estimate of drug-likeness (QED) is 0.435. The van der Waals surface area contributed by atoms with Crippen LogP contribution < -0.4 is 11.1 Å². The zero-order chi connectivity index (χ0) is 15.1. The number of fused-ring (bicyclic) bond motifs is 1. The average Bonchev–Trinajstić information content (AvgIpc) is 2.99. The van der Waals surface area contributed by atoms with Crippen molar-refractivity contribution in [3.8, 4) is 0 Å². The number of nitrogens with zero attached hydrogens (tertiary/aromatic N) is 4. The Hall–Kier alpha value is -2.01. The van der Waals surface area contributed by atoms with E-state index in [1.165, 1.54) is 10.9 Å². The number of rotatable bonds is 3. The summed E-state index contributed by atoms with van der Waals surface area (Å²) in [5.41, 5.74) is 6.48. The van der Waals surface area contributed by atoms with Crippen molar-refractivity contribution >= 4 is 22.9 Å². The van der Waals surface area contributed by atoms with Gasteiger partial charge in [-0.2, -0.15) is 0 Å². The molecular formula is C11H16N6O4. The van der Waals surface area contributed by atoms with Gasteiger partial charge in [0.2, 0.25) is 5.95 Å². The van der Waals surface area contributed by atoms with Crippen LogP contribution >= 0.6 is 0 Å². The Bertz CT molecular complexity index is 661. The van der Waals surface area contributed by atoms with Gasteiger partial charge in [0.05, 0.1) is 6.61 Å². The van der Waals surface area contributed by atoms with Crippen LogP contribution in [0, 0.1) is 0 Å². The zero-order valence-electron chi connectivity index (χ0n) is 11.2. The lowest BCUT2D eigenvalue weighted by Crippen LogP contribution is -2.33. The fourth-order valence-corrected chi connectivity index (χ4v) is 2.44. The molecule has 0 unspecified atom stereocenters. The van der Waals surface area contributed by atoms with Crippen LogP contribution in [0.25, 0.3) is 11.2 Å². The number of aliphatic hydroxyl groups excluding tert-OH is 3. The van der Waals surface area contributed by atoms with Gasteiger partial charge in [-0.1, -0.05) is 0 Å². The Labute approximate surface area is 119 Å². The van der Waals surface area contributed by atoms with Crippen LogP contribution in [0.3, 0.4) is 0 Å². The molecule has 21 heavy (non-hydrogen) atoms. The second kappa shape index (κ2) is 5.07. The Morgan fingerprint density at radius 2 is 2.14 bits per heavy atom. The number of nitrogens with one attached hydrogen (secondary N) is 1. The number of hydrogen-bond donors (Lipinski definition) is 5. The number of imidazole rings is 1. The van der Waals surface area contributed by atoms with E-state index in [0.29, 0.717) is 17.1 Å². The first kappa shape index (κ1) is 13.9. The summed E-state index contributed by atoms with van der Waals surface area (Å²) in [6.45, 7) is -0.409. The summed E-state index contributed by atoms with van der Waals surface area (Å²) >= 11 is 0. The fraction of sp³-hybridized carbons (Fsp3) is 0.545. The first-order valence-corrected chi connectivity index (χ1v) is 6.37. The van der Waals surface area contributed by atoms with Crippen LogP contribution in [-0.4, -0.2) is 66.8 Å². The largest absolute Gasteiger partial charge is 0.394 e. The van der Waals surface area contributed by atoms with Gasteiger partial charge in [0.1, 0.15) is 24.6 Å². The van der Waals surface area contributed by atoms with Crippen molar-refractivity contribution in [1.29, 1.82) is 0 Å². The Balaban J connectivity index is 2.14. The van der Waals surface area contributed by atoms with Gasteiger partial charge >= 0.3 is 0 Å². The van der Waals surface area contributed by atoms with Crippen molar-refractivity contribution in [2.75, 3.05) is 24.7 Å². The number of nitrogen functional groups attached to an aromatic ring is 1. The summed E-state index contributed by atoms with van der Waals surface area (Å²) in [4.78, 5) is 12.2. The van der Waals surface area contributed by atoms with Crippen molar-refractivity contribution in [3.63, 3.8) is 0 Å². The summed E-state index contributed by atoms with van der Waals surface area (Å²) in [5.74, 6) is 0.550. The highest BCUT2D eigenvalue weighted by Crippen LogP contribution is 2.34. The molecule has 0 aromatic carbocycles. The van der Waals surface area contributed by atoms with Crippen molar-refractivity contribution < 1.29 is 20.1 Å². The molecule has 0 spiro atoms. The SMILES string of the molecule is CNc1nc2c(N)ncnc2n1[C@H]1O[C@@H](CO)[C@H](O)[C@@H]1O. The number of anilines is 2. The smallest absolute Gasteiger partial charge is 0.207 e. The van der Waals surface area contributed by atoms with Crippen molar-refractivity contribution in [3.05, 3.63) is 6.33 Å². The molecule has 0 bridgehead atoms. The molecule has 10 heteroatoms. The summed E-state index contributed by atoms with van der Waals surface area (Å²) < 4.78 is 6.98. The minimum absolute atomic E-state index is 0.196. The molecule has 2 aromatic rings. The fourth-order valence-electron chi connectivity index (χ4n) is 2.44. The number of hydrogen-bond acceptors (Lipinski definition) is 9. The Morgan fingerprint density at radius 1 is 1.38 bits per heavy atom. The molecule has 0 saturated carbocycles. The normalized spacial score (nSPS) is 29.1. The minimum atomic E-state index is -1.23. The average molecular weight is 296 g/mol. The van der Waals surface area contributed by atoms with E-state index in [1.807, 2.05) is 0 Å². The third kappa shape index (κ3) is 2.00. The molecule has 0 aliphatic carbocycles. The molecule has 1 saturated heterocycles. The highest BCUT2D eigenvalue weighted by Gasteiger charge is 2.44. The maximum absolute atomic E-state index is 10.1. The number of nitrogens with two attached hydrogens (primary N) is 1. The molecule has 1 fully saturated rings. The number of aliphatic hydroxyl groups is 3. The summed E-state index contributed by atoms with van der Waals surface area (Å²) in [5, 5.41) is 32.0. The topological polar surface area (TPSA) is 152 Å². The van der Waals surface area contributed by atoms with Gasteiger partial charge in [-0.05, 0) is 0 Å². The monoisotopic (exact) mass is 296 g/mol. The first-order valence-electron chi connectivity index (χ1n) is 6.37. The third-order valence-corrected chi connectivity index (χ3v) is 3.50. The third-order valence-electron chi connectivity index (χ3n) is 3.50. The van der Waals surface area contributed by atoms with Crippen LogP contribution in [-0.2, 0) is 4.74 Å². The highest BCUT2D eigenvalue weighted by atomic mass is 16.6. The van der Waals surface area contributed by atoms with E-state index in [1.54, 1.807) is 7.05 Å². The molecule has 3 heterocycles. The van der Waals surface area contributed by atoms with Gasteiger partial charge in [0.25, 0.3) is 0 Å². The van der Waals surface area contributed by atoms with E-state index in [9.17, 15) is 15.3 Å². The number of aromatic nitrogens is 4. The van der Waals surface area contributed by atoms with Gasteiger partial charge in [-0.3, -0.25) is 4.57 Å². The first-order chi connectivity index (χ1) is 10.1. The predicted molar refractivity (Wildman–Crippen MR) is 72.3 cm³/mol. The standard InChI is InChI=1S/C11H16N6O4/c1-13-11-16-5-8(12)14-3-15-9(5)17(11)10-7(20)6(19)4(2-18)21-10/h3-4,6-7,10,18-20H,2H2,1H3,(H,13,16)(H2,12,14,15)/t4-,6-,7-,10-/m0/s1. The maximum Gasteiger partial charge on any atom is 0.207 e. The molecule has 4 atom stereocenters. The molecule has 1 aliphatic rings. The summed E-state index contributed by atoms with van der Waals surface area (Å²) in [6, 6.07) is 0. The van der Waals surface area contributed by atoms with Crippen molar-refractivity contribution in [2.45, 2.75) is 24.5 Å². The van der Waals surface area contributed by atoms with E-state index in [-0.39, 0.29) is 5.82 Å². The van der Waals surface area contributed by atoms with E-state index < -0.39 is 31.1 Å². The van der Waals surface area contributed by atoms with Crippen LogP contribution in [0.1, 0.15) is 6.23 Å². The van der Waals surface area contributed by atoms with E-state index in [0.717, 1.165) is 0 Å². The molecular weight excluding hydrogens is 280 g/mol. The van der Waals surface area contributed by atoms with Crippen molar-refractivity contribution in [1.82, 2.24) is 19.5 Å². The van der Waals surface area contributed by atoms with Gasteiger partial charge in [-0.15, -0.1) is 0 Å². The van der Waals surface area contributed by atoms with E-state index in [4.69, 9.17) is 10.5 Å². The number of ether oxygens (including phenoxy) is 1. The molecule has 1 aliphatic heterocycles. The van der Waals surface area contributed by atoms with Crippen LogP contribution in [0.4, 0.5) is 11.8 Å². The van der Waals surface area contributed by atoms with E-state index >= 15 is 0 Å². The summed E-state index contributed by atoms with van der Waals surface area (Å²) in [6.07, 6.45) is -2.99. The Morgan fingerprint density at radius 3 is 2.76 bits per heavy atom. The van der Waals surface area contributed by atoms with Crippen LogP contribution in [0.15, 0.2) is 6.33 Å². The maximum atomic E-state index is 10.1. The molecule has 114 valence electrons. The second-order valence-electron chi connectivity index (χ2n) is 4.72. The molecule has 2 aromatic heterocycles. The molecule has 10 nitrogen and oxygen atoms in total. The van der Waals surface area contributed by atoms with Gasteiger partial charge < -0.3 is 31.1 Å². The Kier molecular flexibility index (Phi) is 3.37. The van der Waals surface area contributed by atoms with Gasteiger partial charge in [0, 0.05) is 7.05 Å². The predicted octanol–water partition coefficient (Wildman–Crippen LogP) is -1.94. The van der Waals surface area contributed by atoms with Crippen LogP contribution in [0.2, 0.25) is 0 Å². The lowest BCUT2D eigenvalue weighted by Gasteiger charge is -2.18. The lowest BCUT2D eigenvalue weighted by molar-refractivity contribution is -0.0501. The lowest BCUT2D eigenvalue weighted by atomic mass is 10.1. The summed E-state index contributed by atoms with van der Waals surface area (Å²) in [7, 11) is 1.64. The van der Waals surface area contributed by atoms with Crippen LogP contribution in [0.5, 0.6) is 0 Å². The van der Waals surface area contributed by atoms with E-state index in [2.05, 4.69) is 20.3 Å². The molecule has 3 rings (SSSR count). The molecule has 6 N–H and O–H groups in total. The zero-order valence-corrected chi connectivity index (χ0v) is 11.2. The van der Waals surface area contributed by atoms with Crippen molar-refractivity contribution in [2.24, 2.45) is 0 Å².